The standard InChI is InChI=1S/C26H23N3O7S/c1-31-18-10-16-15(9-19(18)34-12-28-29-27)23(14-5-6-21-20(8-14)35-13-37-21)24-17(11-33-26(24)30)25(16)36-22-4-2-3-7-32-22/h5-6,8-10,22H,2-4,7,11-13H2,1H3. The Kier molecular flexibility index (Phi) is 6.33. The largest absolute Gasteiger partial charge is 0.493 e. The summed E-state index contributed by atoms with van der Waals surface area (Å²) in [6.45, 7) is 0.490. The number of rotatable bonds is 7. The number of nitrogens with zero attached hydrogens (tertiary/aromatic N) is 3. The van der Waals surface area contributed by atoms with Crippen LogP contribution in [0.2, 0.25) is 0 Å². The van der Waals surface area contributed by atoms with Gasteiger partial charge in [-0.2, -0.15) is 0 Å². The van der Waals surface area contributed by atoms with E-state index in [0.29, 0.717) is 51.9 Å². The van der Waals surface area contributed by atoms with E-state index in [0.717, 1.165) is 40.9 Å². The topological polar surface area (TPSA) is 121 Å². The highest BCUT2D eigenvalue weighted by atomic mass is 32.2. The van der Waals surface area contributed by atoms with E-state index in [1.807, 2.05) is 24.3 Å². The van der Waals surface area contributed by atoms with Crippen molar-refractivity contribution in [2.24, 2.45) is 5.11 Å². The maximum Gasteiger partial charge on any atom is 0.339 e. The molecule has 1 fully saturated rings. The number of ether oxygens (including phenoxy) is 6. The van der Waals surface area contributed by atoms with Crippen molar-refractivity contribution in [3.05, 3.63) is 51.9 Å². The van der Waals surface area contributed by atoms with E-state index in [9.17, 15) is 4.79 Å². The smallest absolute Gasteiger partial charge is 0.339 e. The van der Waals surface area contributed by atoms with Crippen LogP contribution in [-0.2, 0) is 16.1 Å². The first kappa shape index (κ1) is 23.6. The molecule has 1 atom stereocenters. The molecule has 6 rings (SSSR count). The summed E-state index contributed by atoms with van der Waals surface area (Å²) in [6, 6.07) is 9.48. The molecule has 11 heteroatoms. The van der Waals surface area contributed by atoms with Gasteiger partial charge in [0.25, 0.3) is 0 Å². The number of thioether (sulfide) groups is 1. The lowest BCUT2D eigenvalue weighted by Crippen LogP contribution is -2.25. The first-order valence-electron chi connectivity index (χ1n) is 11.9. The third-order valence-corrected chi connectivity index (χ3v) is 7.47. The fourth-order valence-electron chi connectivity index (χ4n) is 4.91. The third-order valence-electron chi connectivity index (χ3n) is 6.58. The Labute approximate surface area is 216 Å². The molecule has 10 nitrogen and oxygen atoms in total. The van der Waals surface area contributed by atoms with E-state index in [1.54, 1.807) is 17.8 Å². The molecule has 37 heavy (non-hydrogen) atoms. The highest BCUT2D eigenvalue weighted by Crippen LogP contribution is 2.49. The Balaban J connectivity index is 1.62. The molecule has 0 saturated carbocycles. The molecule has 190 valence electrons. The second-order valence-corrected chi connectivity index (χ2v) is 9.63. The van der Waals surface area contributed by atoms with Crippen LogP contribution in [0.1, 0.15) is 35.2 Å². The van der Waals surface area contributed by atoms with Gasteiger partial charge in [-0.3, -0.25) is 0 Å². The SMILES string of the molecule is COc1cc2c(OC3CCCCO3)c3c(c(-c4ccc5c(c4)OCS5)c2cc1OCN=[N+]=[N-])C(=O)OC3. The van der Waals surface area contributed by atoms with Gasteiger partial charge in [-0.05, 0) is 53.6 Å². The van der Waals surface area contributed by atoms with Gasteiger partial charge in [-0.15, -0.1) is 0 Å². The molecule has 3 aromatic carbocycles. The lowest BCUT2D eigenvalue weighted by molar-refractivity contribution is -0.105. The Morgan fingerprint density at radius 3 is 2.84 bits per heavy atom. The molecule has 3 aliphatic heterocycles. The number of hydrogen-bond donors (Lipinski definition) is 0. The van der Waals surface area contributed by atoms with E-state index in [1.165, 1.54) is 7.11 Å². The summed E-state index contributed by atoms with van der Waals surface area (Å²) < 4.78 is 34.9. The molecule has 0 aromatic heterocycles. The lowest BCUT2D eigenvalue weighted by atomic mass is 9.89. The van der Waals surface area contributed by atoms with Crippen LogP contribution < -0.4 is 18.9 Å². The maximum absolute atomic E-state index is 13.1. The minimum absolute atomic E-state index is 0.0912. The number of methoxy groups -OCH3 is 1. The van der Waals surface area contributed by atoms with Crippen LogP contribution in [-0.4, -0.2) is 38.6 Å². The van der Waals surface area contributed by atoms with Crippen LogP contribution in [0.4, 0.5) is 0 Å². The molecule has 0 radical (unpaired) electrons. The van der Waals surface area contributed by atoms with Gasteiger partial charge in [-0.1, -0.05) is 22.9 Å². The van der Waals surface area contributed by atoms with Crippen LogP contribution in [0, 0.1) is 0 Å². The van der Waals surface area contributed by atoms with Crippen molar-refractivity contribution in [3.8, 4) is 34.1 Å². The average molecular weight is 522 g/mol. The van der Waals surface area contributed by atoms with Gasteiger partial charge in [-0.25, -0.2) is 4.79 Å². The quantitative estimate of drug-likeness (QED) is 0.156. The number of hydrogen-bond acceptors (Lipinski definition) is 9. The fourth-order valence-corrected chi connectivity index (χ4v) is 5.65. The molecule has 3 aliphatic rings. The molecule has 0 amide bonds. The van der Waals surface area contributed by atoms with Crippen molar-refractivity contribution >= 4 is 28.5 Å². The van der Waals surface area contributed by atoms with Crippen LogP contribution in [0.25, 0.3) is 32.3 Å². The second-order valence-electron chi connectivity index (χ2n) is 8.67. The summed E-state index contributed by atoms with van der Waals surface area (Å²) in [7, 11) is 1.53. The van der Waals surface area contributed by atoms with E-state index in [4.69, 9.17) is 34.0 Å². The Morgan fingerprint density at radius 1 is 1.14 bits per heavy atom. The summed E-state index contributed by atoms with van der Waals surface area (Å²) in [5.41, 5.74) is 11.3. The highest BCUT2D eigenvalue weighted by Gasteiger charge is 2.34. The van der Waals surface area contributed by atoms with Crippen molar-refractivity contribution in [1.82, 2.24) is 0 Å². The summed E-state index contributed by atoms with van der Waals surface area (Å²) in [5, 5.41) is 4.90. The van der Waals surface area contributed by atoms with Gasteiger partial charge < -0.3 is 28.4 Å². The van der Waals surface area contributed by atoms with Crippen LogP contribution in [0.15, 0.2) is 40.3 Å². The molecule has 0 bridgehead atoms. The van der Waals surface area contributed by atoms with E-state index in [-0.39, 0.29) is 13.3 Å². The Morgan fingerprint density at radius 2 is 2.03 bits per heavy atom. The van der Waals surface area contributed by atoms with Gasteiger partial charge in [0.2, 0.25) is 0 Å². The molecule has 0 spiro atoms. The number of carbonyl (C=O) groups is 1. The zero-order valence-corrected chi connectivity index (χ0v) is 20.8. The Bertz CT molecular complexity index is 1450. The number of cyclic esters (lactones) is 1. The molecule has 0 aliphatic carbocycles. The number of fused-ring (bicyclic) bond motifs is 3. The molecule has 0 N–H and O–H groups in total. The van der Waals surface area contributed by atoms with Gasteiger partial charge in [0.1, 0.15) is 24.0 Å². The zero-order chi connectivity index (χ0) is 25.4. The molecule has 3 heterocycles. The third kappa shape index (κ3) is 4.25. The molecule has 3 aromatic rings. The number of azide groups is 1. The first-order chi connectivity index (χ1) is 18.2. The summed E-state index contributed by atoms with van der Waals surface area (Å²) in [6.07, 6.45) is 2.29. The van der Waals surface area contributed by atoms with Gasteiger partial charge in [0, 0.05) is 27.8 Å². The highest BCUT2D eigenvalue weighted by molar-refractivity contribution is 7.99. The normalized spacial score (nSPS) is 17.9. The minimum Gasteiger partial charge on any atom is -0.493 e. The predicted octanol–water partition coefficient (Wildman–Crippen LogP) is 6.18. The van der Waals surface area contributed by atoms with Crippen molar-refractivity contribution < 1.29 is 33.2 Å². The summed E-state index contributed by atoms with van der Waals surface area (Å²) >= 11 is 1.62. The fraction of sp³-hybridized carbons (Fsp3) is 0.346. The summed E-state index contributed by atoms with van der Waals surface area (Å²) in [5.74, 6) is 2.20. The van der Waals surface area contributed by atoms with Gasteiger partial charge >= 0.3 is 5.97 Å². The van der Waals surface area contributed by atoms with Crippen molar-refractivity contribution in [2.75, 3.05) is 26.4 Å². The predicted molar refractivity (Wildman–Crippen MR) is 135 cm³/mol. The van der Waals surface area contributed by atoms with Crippen molar-refractivity contribution in [3.63, 3.8) is 0 Å². The second kappa shape index (κ2) is 9.93. The van der Waals surface area contributed by atoms with E-state index < -0.39 is 12.3 Å². The van der Waals surface area contributed by atoms with Gasteiger partial charge in [0.05, 0.1) is 24.2 Å². The number of benzene rings is 3. The summed E-state index contributed by atoms with van der Waals surface area (Å²) in [4.78, 5) is 16.9. The van der Waals surface area contributed by atoms with Crippen LogP contribution >= 0.6 is 11.8 Å². The number of esters is 1. The molecular formula is C26H23N3O7S. The first-order valence-corrected chi connectivity index (χ1v) is 12.9. The average Bonchev–Trinajstić information content (AvgIpc) is 3.55. The zero-order valence-electron chi connectivity index (χ0n) is 20.0. The van der Waals surface area contributed by atoms with Crippen LogP contribution in [0.3, 0.4) is 0 Å². The maximum atomic E-state index is 13.1. The minimum atomic E-state index is -0.431. The molecule has 1 saturated heterocycles. The van der Waals surface area contributed by atoms with E-state index >= 15 is 0 Å². The molecular weight excluding hydrogens is 498 g/mol. The van der Waals surface area contributed by atoms with Gasteiger partial charge in [0.15, 0.2) is 24.5 Å². The lowest BCUT2D eigenvalue weighted by Gasteiger charge is -2.26. The van der Waals surface area contributed by atoms with Crippen LogP contribution in [0.5, 0.6) is 23.0 Å². The monoisotopic (exact) mass is 521 g/mol. The number of carbonyl (C=O) groups excluding carboxylic acids is 1. The Hall–Kier alpha value is -3.79. The van der Waals surface area contributed by atoms with Crippen molar-refractivity contribution in [2.45, 2.75) is 37.1 Å². The molecule has 1 unspecified atom stereocenters. The van der Waals surface area contributed by atoms with E-state index in [2.05, 4.69) is 10.0 Å². The van der Waals surface area contributed by atoms with Crippen molar-refractivity contribution in [1.29, 1.82) is 0 Å².